The molecule has 1 aliphatic rings. The minimum absolute atomic E-state index is 0.394. The molecule has 6 heteroatoms. The Morgan fingerprint density at radius 1 is 1.23 bits per heavy atom. The summed E-state index contributed by atoms with van der Waals surface area (Å²) >= 11 is 0. The lowest BCUT2D eigenvalue weighted by Crippen LogP contribution is -2.29. The number of aromatic nitrogens is 3. The second kappa shape index (κ2) is 7.85. The van der Waals surface area contributed by atoms with E-state index in [2.05, 4.69) is 25.5 Å². The van der Waals surface area contributed by atoms with Crippen molar-refractivity contribution in [2.24, 2.45) is 5.92 Å². The van der Waals surface area contributed by atoms with Crippen molar-refractivity contribution in [1.29, 1.82) is 0 Å². The van der Waals surface area contributed by atoms with Crippen LogP contribution in [0.4, 0.5) is 0 Å². The fourth-order valence-corrected chi connectivity index (χ4v) is 3.47. The molecule has 0 saturated heterocycles. The first-order chi connectivity index (χ1) is 12.8. The van der Waals surface area contributed by atoms with E-state index in [-0.39, 0.29) is 0 Å². The van der Waals surface area contributed by atoms with Gasteiger partial charge in [-0.1, -0.05) is 6.07 Å². The predicted molar refractivity (Wildman–Crippen MR) is 97.2 cm³/mol. The summed E-state index contributed by atoms with van der Waals surface area (Å²) in [6.07, 6.45) is 5.67. The van der Waals surface area contributed by atoms with Crippen LogP contribution in [0.2, 0.25) is 0 Å². The number of imidazole rings is 1. The number of nitrogens with zero attached hydrogens (tertiary/aromatic N) is 4. The SMILES string of the molecule is Cc1ccc(CN2Cc3cncn3C[C@@H](COCc3ccccn3)C2)o1. The number of hydrogen-bond acceptors (Lipinski definition) is 5. The minimum Gasteiger partial charge on any atom is -0.465 e. The molecule has 0 fully saturated rings. The van der Waals surface area contributed by atoms with Gasteiger partial charge in [0.25, 0.3) is 0 Å². The summed E-state index contributed by atoms with van der Waals surface area (Å²) in [5, 5.41) is 0. The van der Waals surface area contributed by atoms with Gasteiger partial charge in [-0.05, 0) is 31.2 Å². The molecular weight excluding hydrogens is 328 g/mol. The van der Waals surface area contributed by atoms with E-state index < -0.39 is 0 Å². The lowest BCUT2D eigenvalue weighted by Gasteiger charge is -2.23. The van der Waals surface area contributed by atoms with E-state index in [9.17, 15) is 0 Å². The molecular formula is C20H24N4O2. The molecule has 4 rings (SSSR count). The molecule has 26 heavy (non-hydrogen) atoms. The van der Waals surface area contributed by atoms with Gasteiger partial charge in [0.2, 0.25) is 0 Å². The molecule has 0 amide bonds. The van der Waals surface area contributed by atoms with Crippen molar-refractivity contribution in [2.45, 2.75) is 33.2 Å². The van der Waals surface area contributed by atoms with Gasteiger partial charge in [-0.25, -0.2) is 4.98 Å². The number of fused-ring (bicyclic) bond motifs is 1. The van der Waals surface area contributed by atoms with Gasteiger partial charge in [-0.2, -0.15) is 0 Å². The first-order valence-corrected chi connectivity index (χ1v) is 9.00. The summed E-state index contributed by atoms with van der Waals surface area (Å²) in [6, 6.07) is 9.98. The van der Waals surface area contributed by atoms with Crippen LogP contribution in [0.5, 0.6) is 0 Å². The van der Waals surface area contributed by atoms with Gasteiger partial charge in [0.15, 0.2) is 0 Å². The van der Waals surface area contributed by atoms with Crippen LogP contribution in [-0.2, 0) is 31.0 Å². The first kappa shape index (κ1) is 17.0. The van der Waals surface area contributed by atoms with Crippen molar-refractivity contribution >= 4 is 0 Å². The molecule has 1 atom stereocenters. The number of hydrogen-bond donors (Lipinski definition) is 0. The number of aryl methyl sites for hydroxylation is 1. The van der Waals surface area contributed by atoms with Crippen LogP contribution in [0.3, 0.4) is 0 Å². The quantitative estimate of drug-likeness (QED) is 0.682. The maximum Gasteiger partial charge on any atom is 0.118 e. The van der Waals surface area contributed by atoms with Crippen LogP contribution >= 0.6 is 0 Å². The fraction of sp³-hybridized carbons (Fsp3) is 0.400. The molecule has 136 valence electrons. The first-order valence-electron chi connectivity index (χ1n) is 9.00. The van der Waals surface area contributed by atoms with Gasteiger partial charge in [-0.3, -0.25) is 9.88 Å². The molecule has 0 aromatic carbocycles. The Labute approximate surface area is 153 Å². The zero-order chi connectivity index (χ0) is 17.8. The maximum absolute atomic E-state index is 5.96. The molecule has 0 unspecified atom stereocenters. The third-order valence-corrected chi connectivity index (χ3v) is 4.66. The summed E-state index contributed by atoms with van der Waals surface area (Å²) in [5.74, 6) is 2.35. The highest BCUT2D eigenvalue weighted by Gasteiger charge is 2.23. The van der Waals surface area contributed by atoms with E-state index in [1.54, 1.807) is 6.20 Å². The largest absolute Gasteiger partial charge is 0.465 e. The van der Waals surface area contributed by atoms with Gasteiger partial charge in [0.05, 0.1) is 37.5 Å². The number of furan rings is 1. The lowest BCUT2D eigenvalue weighted by molar-refractivity contribution is 0.0637. The fourth-order valence-electron chi connectivity index (χ4n) is 3.47. The average Bonchev–Trinajstić information content (AvgIpc) is 3.21. The molecule has 0 spiro atoms. The molecule has 0 aliphatic carbocycles. The van der Waals surface area contributed by atoms with Crippen molar-refractivity contribution in [3.05, 3.63) is 72.0 Å². The van der Waals surface area contributed by atoms with E-state index in [4.69, 9.17) is 9.15 Å². The van der Waals surface area contributed by atoms with Crippen LogP contribution in [0.1, 0.15) is 22.9 Å². The van der Waals surface area contributed by atoms with Crippen molar-refractivity contribution in [2.75, 3.05) is 13.2 Å². The minimum atomic E-state index is 0.394. The van der Waals surface area contributed by atoms with Crippen molar-refractivity contribution in [1.82, 2.24) is 19.4 Å². The molecule has 0 N–H and O–H groups in total. The Balaban J connectivity index is 1.40. The van der Waals surface area contributed by atoms with E-state index >= 15 is 0 Å². The molecule has 0 saturated carbocycles. The topological polar surface area (TPSA) is 56.3 Å². The predicted octanol–water partition coefficient (Wildman–Crippen LogP) is 3.03. The Morgan fingerprint density at radius 3 is 3.00 bits per heavy atom. The summed E-state index contributed by atoms with van der Waals surface area (Å²) in [7, 11) is 0. The highest BCUT2D eigenvalue weighted by molar-refractivity contribution is 5.07. The Bertz CT molecular complexity index is 827. The Morgan fingerprint density at radius 2 is 2.19 bits per heavy atom. The standard InChI is InChI=1S/C20H24N4O2/c1-16-5-6-20(26-16)12-23-9-17(10-24-15-21-8-19(24)11-23)13-25-14-18-4-2-3-7-22-18/h2-8,15,17H,9-14H2,1H3/t17-/m0/s1. The van der Waals surface area contributed by atoms with Gasteiger partial charge >= 0.3 is 0 Å². The van der Waals surface area contributed by atoms with Crippen LogP contribution in [0.25, 0.3) is 0 Å². The van der Waals surface area contributed by atoms with Gasteiger partial charge in [-0.15, -0.1) is 0 Å². The summed E-state index contributed by atoms with van der Waals surface area (Å²) < 4.78 is 14.0. The number of pyridine rings is 1. The smallest absolute Gasteiger partial charge is 0.118 e. The van der Waals surface area contributed by atoms with Gasteiger partial charge in [0, 0.05) is 37.9 Å². The lowest BCUT2D eigenvalue weighted by atomic mass is 10.1. The molecule has 6 nitrogen and oxygen atoms in total. The van der Waals surface area contributed by atoms with E-state index in [1.807, 2.05) is 43.7 Å². The second-order valence-electron chi connectivity index (χ2n) is 6.92. The molecule has 4 heterocycles. The van der Waals surface area contributed by atoms with Crippen LogP contribution in [0, 0.1) is 12.8 Å². The molecule has 0 bridgehead atoms. The monoisotopic (exact) mass is 352 g/mol. The number of rotatable bonds is 6. The highest BCUT2D eigenvalue weighted by atomic mass is 16.5. The van der Waals surface area contributed by atoms with E-state index in [0.717, 1.165) is 43.4 Å². The van der Waals surface area contributed by atoms with Crippen molar-refractivity contribution in [3.8, 4) is 0 Å². The molecule has 3 aromatic heterocycles. The Kier molecular flexibility index (Phi) is 5.13. The normalized spacial score (nSPS) is 17.8. The average molecular weight is 352 g/mol. The van der Waals surface area contributed by atoms with Crippen molar-refractivity contribution < 1.29 is 9.15 Å². The third-order valence-electron chi connectivity index (χ3n) is 4.66. The van der Waals surface area contributed by atoms with E-state index in [0.29, 0.717) is 19.1 Å². The number of ether oxygens (including phenoxy) is 1. The van der Waals surface area contributed by atoms with Gasteiger partial charge < -0.3 is 13.7 Å². The van der Waals surface area contributed by atoms with Crippen LogP contribution in [-0.4, -0.2) is 32.6 Å². The third kappa shape index (κ3) is 4.20. The van der Waals surface area contributed by atoms with Gasteiger partial charge in [0.1, 0.15) is 11.5 Å². The van der Waals surface area contributed by atoms with Crippen LogP contribution in [0.15, 0.2) is 53.5 Å². The van der Waals surface area contributed by atoms with Crippen molar-refractivity contribution in [3.63, 3.8) is 0 Å². The summed E-state index contributed by atoms with van der Waals surface area (Å²) in [6.45, 7) is 6.78. The Hall–Kier alpha value is -2.44. The highest BCUT2D eigenvalue weighted by Crippen LogP contribution is 2.20. The molecule has 0 radical (unpaired) electrons. The summed E-state index contributed by atoms with van der Waals surface area (Å²) in [4.78, 5) is 11.0. The second-order valence-corrected chi connectivity index (χ2v) is 6.92. The molecule has 1 aliphatic heterocycles. The molecule has 3 aromatic rings. The zero-order valence-corrected chi connectivity index (χ0v) is 15.0. The zero-order valence-electron chi connectivity index (χ0n) is 15.0. The summed E-state index contributed by atoms with van der Waals surface area (Å²) in [5.41, 5.74) is 2.20. The van der Waals surface area contributed by atoms with Crippen LogP contribution < -0.4 is 0 Å². The van der Waals surface area contributed by atoms with E-state index in [1.165, 1.54) is 5.69 Å². The maximum atomic E-state index is 5.96.